The highest BCUT2D eigenvalue weighted by Crippen LogP contribution is 2.08. The fourth-order valence-corrected chi connectivity index (χ4v) is 1.96. The zero-order valence-corrected chi connectivity index (χ0v) is 8.95. The highest BCUT2D eigenvalue weighted by molar-refractivity contribution is 5.14. The second kappa shape index (κ2) is 5.26. The van der Waals surface area contributed by atoms with Crippen LogP contribution in [0.4, 0.5) is 0 Å². The summed E-state index contributed by atoms with van der Waals surface area (Å²) in [6.45, 7) is 0.908. The van der Waals surface area contributed by atoms with E-state index < -0.39 is 0 Å². The molecule has 15 heavy (non-hydrogen) atoms. The maximum Gasteiger partial charge on any atom is 0.0586 e. The molecule has 1 aliphatic heterocycles. The average Bonchev–Trinajstić information content (AvgIpc) is 2.28. The van der Waals surface area contributed by atoms with Gasteiger partial charge in [-0.05, 0) is 24.8 Å². The first-order valence-corrected chi connectivity index (χ1v) is 5.63. The predicted octanol–water partition coefficient (Wildman–Crippen LogP) is 1.16. The van der Waals surface area contributed by atoms with E-state index >= 15 is 0 Å². The molecule has 0 spiro atoms. The number of piperidine rings is 1. The first kappa shape index (κ1) is 10.6. The Kier molecular flexibility index (Phi) is 3.72. The molecule has 0 radical (unpaired) electrons. The van der Waals surface area contributed by atoms with Gasteiger partial charge in [0.15, 0.2) is 0 Å². The molecule has 0 bridgehead atoms. The quantitative estimate of drug-likeness (QED) is 0.694. The van der Waals surface area contributed by atoms with E-state index in [2.05, 4.69) is 34.9 Å². The van der Waals surface area contributed by atoms with Crippen molar-refractivity contribution in [2.75, 3.05) is 0 Å². The molecule has 1 heterocycles. The Balaban J connectivity index is 1.78. The van der Waals surface area contributed by atoms with Crippen molar-refractivity contribution >= 4 is 0 Å². The SMILES string of the molecule is NC1CCCC(NCc2ccccc2)N1. The standard InChI is InChI=1S/C12H19N3/c13-11-7-4-8-12(15-11)14-9-10-5-2-1-3-6-10/h1-3,5-6,11-12,14-15H,4,7-9,13H2. The lowest BCUT2D eigenvalue weighted by Gasteiger charge is -2.29. The minimum atomic E-state index is 0.159. The van der Waals surface area contributed by atoms with Gasteiger partial charge in [-0.3, -0.25) is 10.6 Å². The predicted molar refractivity (Wildman–Crippen MR) is 62.0 cm³/mol. The topological polar surface area (TPSA) is 50.1 Å². The van der Waals surface area contributed by atoms with Crippen LogP contribution in [-0.4, -0.2) is 12.3 Å². The van der Waals surface area contributed by atoms with Crippen molar-refractivity contribution in [3.05, 3.63) is 35.9 Å². The monoisotopic (exact) mass is 205 g/mol. The van der Waals surface area contributed by atoms with Crippen LogP contribution in [0.25, 0.3) is 0 Å². The zero-order valence-electron chi connectivity index (χ0n) is 8.95. The number of nitrogens with two attached hydrogens (primary N) is 1. The molecule has 1 aliphatic rings. The molecule has 2 unspecified atom stereocenters. The average molecular weight is 205 g/mol. The molecule has 0 amide bonds. The van der Waals surface area contributed by atoms with Gasteiger partial charge >= 0.3 is 0 Å². The summed E-state index contributed by atoms with van der Waals surface area (Å²) in [7, 11) is 0. The Bertz CT molecular complexity index is 286. The largest absolute Gasteiger partial charge is 0.316 e. The lowest BCUT2D eigenvalue weighted by atomic mass is 10.1. The zero-order chi connectivity index (χ0) is 10.5. The third kappa shape index (κ3) is 3.30. The van der Waals surface area contributed by atoms with Crippen molar-refractivity contribution in [1.82, 2.24) is 10.6 Å². The van der Waals surface area contributed by atoms with E-state index in [0.717, 1.165) is 13.0 Å². The summed E-state index contributed by atoms with van der Waals surface area (Å²) in [5, 5.41) is 6.83. The van der Waals surface area contributed by atoms with E-state index in [1.807, 2.05) is 6.07 Å². The number of hydrogen-bond acceptors (Lipinski definition) is 3. The van der Waals surface area contributed by atoms with E-state index in [-0.39, 0.29) is 6.17 Å². The van der Waals surface area contributed by atoms with Crippen LogP contribution in [-0.2, 0) is 6.54 Å². The minimum Gasteiger partial charge on any atom is -0.316 e. The summed E-state index contributed by atoms with van der Waals surface area (Å²) in [5.41, 5.74) is 7.16. The van der Waals surface area contributed by atoms with Gasteiger partial charge in [-0.2, -0.15) is 0 Å². The van der Waals surface area contributed by atoms with Crippen molar-refractivity contribution < 1.29 is 0 Å². The maximum atomic E-state index is 5.84. The molecule has 1 aromatic rings. The van der Waals surface area contributed by atoms with Gasteiger partial charge in [0.25, 0.3) is 0 Å². The van der Waals surface area contributed by atoms with Gasteiger partial charge in [-0.15, -0.1) is 0 Å². The summed E-state index contributed by atoms with van der Waals surface area (Å²) >= 11 is 0. The molecule has 0 aliphatic carbocycles. The molecule has 1 saturated heterocycles. The van der Waals surface area contributed by atoms with Crippen molar-refractivity contribution in [3.8, 4) is 0 Å². The second-order valence-electron chi connectivity index (χ2n) is 4.12. The molecule has 2 rings (SSSR count). The highest BCUT2D eigenvalue weighted by Gasteiger charge is 2.16. The van der Waals surface area contributed by atoms with Gasteiger partial charge in [0, 0.05) is 6.54 Å². The summed E-state index contributed by atoms with van der Waals surface area (Å²) in [6.07, 6.45) is 3.99. The molecule has 2 atom stereocenters. The Morgan fingerprint density at radius 3 is 2.80 bits per heavy atom. The fourth-order valence-electron chi connectivity index (χ4n) is 1.96. The molecular weight excluding hydrogens is 186 g/mol. The van der Waals surface area contributed by atoms with Gasteiger partial charge in [0.2, 0.25) is 0 Å². The smallest absolute Gasteiger partial charge is 0.0586 e. The van der Waals surface area contributed by atoms with Crippen LogP contribution in [0.1, 0.15) is 24.8 Å². The summed E-state index contributed by atoms with van der Waals surface area (Å²) in [6, 6.07) is 10.4. The normalized spacial score (nSPS) is 26.5. The van der Waals surface area contributed by atoms with Crippen molar-refractivity contribution in [3.63, 3.8) is 0 Å². The van der Waals surface area contributed by atoms with Gasteiger partial charge in [-0.25, -0.2) is 0 Å². The highest BCUT2D eigenvalue weighted by atomic mass is 15.2. The van der Waals surface area contributed by atoms with E-state index in [9.17, 15) is 0 Å². The van der Waals surface area contributed by atoms with Crippen LogP contribution >= 0.6 is 0 Å². The first-order chi connectivity index (χ1) is 7.34. The molecule has 0 aromatic heterocycles. The van der Waals surface area contributed by atoms with Gasteiger partial charge in [0.05, 0.1) is 12.3 Å². The molecular formula is C12H19N3. The molecule has 1 fully saturated rings. The van der Waals surface area contributed by atoms with E-state index in [1.54, 1.807) is 0 Å². The van der Waals surface area contributed by atoms with Crippen LogP contribution < -0.4 is 16.4 Å². The maximum absolute atomic E-state index is 5.84. The Morgan fingerprint density at radius 1 is 1.27 bits per heavy atom. The van der Waals surface area contributed by atoms with Crippen LogP contribution in [0.5, 0.6) is 0 Å². The second-order valence-corrected chi connectivity index (χ2v) is 4.12. The van der Waals surface area contributed by atoms with Crippen molar-refractivity contribution in [1.29, 1.82) is 0 Å². The Hall–Kier alpha value is -0.900. The molecule has 1 aromatic carbocycles. The number of benzene rings is 1. The van der Waals surface area contributed by atoms with Gasteiger partial charge < -0.3 is 5.73 Å². The van der Waals surface area contributed by atoms with Crippen LogP contribution in [0.3, 0.4) is 0 Å². The van der Waals surface area contributed by atoms with Crippen LogP contribution in [0.2, 0.25) is 0 Å². The minimum absolute atomic E-state index is 0.159. The molecule has 3 nitrogen and oxygen atoms in total. The number of hydrogen-bond donors (Lipinski definition) is 3. The summed E-state index contributed by atoms with van der Waals surface area (Å²) < 4.78 is 0. The first-order valence-electron chi connectivity index (χ1n) is 5.63. The van der Waals surface area contributed by atoms with E-state index in [4.69, 9.17) is 5.73 Å². The number of nitrogens with one attached hydrogen (secondary N) is 2. The van der Waals surface area contributed by atoms with Crippen LogP contribution in [0.15, 0.2) is 30.3 Å². The molecule has 4 N–H and O–H groups in total. The Labute approximate surface area is 91.1 Å². The molecule has 82 valence electrons. The molecule has 3 heteroatoms. The van der Waals surface area contributed by atoms with Gasteiger partial charge in [-0.1, -0.05) is 30.3 Å². The van der Waals surface area contributed by atoms with E-state index in [1.165, 1.54) is 18.4 Å². The summed E-state index contributed by atoms with van der Waals surface area (Å²) in [4.78, 5) is 0. The van der Waals surface area contributed by atoms with Crippen molar-refractivity contribution in [2.24, 2.45) is 5.73 Å². The Morgan fingerprint density at radius 2 is 2.07 bits per heavy atom. The number of rotatable bonds is 3. The van der Waals surface area contributed by atoms with Crippen LogP contribution in [0, 0.1) is 0 Å². The fraction of sp³-hybridized carbons (Fsp3) is 0.500. The summed E-state index contributed by atoms with van der Waals surface area (Å²) in [5.74, 6) is 0. The van der Waals surface area contributed by atoms with E-state index in [0.29, 0.717) is 6.17 Å². The van der Waals surface area contributed by atoms with Crippen molar-refractivity contribution in [2.45, 2.75) is 38.1 Å². The lowest BCUT2D eigenvalue weighted by Crippen LogP contribution is -2.53. The molecule has 0 saturated carbocycles. The third-order valence-corrected chi connectivity index (χ3v) is 2.82. The lowest BCUT2D eigenvalue weighted by molar-refractivity contribution is 0.283. The third-order valence-electron chi connectivity index (χ3n) is 2.82. The van der Waals surface area contributed by atoms with Gasteiger partial charge in [0.1, 0.15) is 0 Å².